The normalized spacial score (nSPS) is 11.7. The molecule has 0 aliphatic rings. The SMILES string of the molecule is CCOC(=O)c1cc(OC(F)(F)F)c(C#N)c(SC(F)(F)F)c1. The van der Waals surface area contributed by atoms with Crippen LogP contribution in [0.1, 0.15) is 22.8 Å². The van der Waals surface area contributed by atoms with Crippen LogP contribution in [0.5, 0.6) is 5.75 Å². The number of nitrogens with zero attached hydrogens (tertiary/aromatic N) is 1. The van der Waals surface area contributed by atoms with Crippen LogP contribution < -0.4 is 4.74 Å². The van der Waals surface area contributed by atoms with Crippen LogP contribution in [0.4, 0.5) is 26.3 Å². The summed E-state index contributed by atoms with van der Waals surface area (Å²) in [5.74, 6) is -2.36. The van der Waals surface area contributed by atoms with Gasteiger partial charge in [-0.05, 0) is 30.8 Å². The first-order valence-electron chi connectivity index (χ1n) is 5.73. The van der Waals surface area contributed by atoms with E-state index in [1.54, 1.807) is 0 Å². The molecule has 0 heterocycles. The Morgan fingerprint density at radius 3 is 2.30 bits per heavy atom. The molecule has 0 spiro atoms. The molecule has 1 aromatic carbocycles. The van der Waals surface area contributed by atoms with Gasteiger partial charge >= 0.3 is 17.8 Å². The maximum Gasteiger partial charge on any atom is 0.573 e. The summed E-state index contributed by atoms with van der Waals surface area (Å²) >= 11 is -0.836. The molecule has 0 aliphatic carbocycles. The number of carbonyl (C=O) groups excluding carboxylic acids is 1. The van der Waals surface area contributed by atoms with Gasteiger partial charge in [-0.3, -0.25) is 0 Å². The van der Waals surface area contributed by atoms with Crippen molar-refractivity contribution in [3.8, 4) is 11.8 Å². The van der Waals surface area contributed by atoms with Gasteiger partial charge in [-0.25, -0.2) is 4.79 Å². The molecule has 0 aliphatic heterocycles. The number of ether oxygens (including phenoxy) is 2. The molecule has 23 heavy (non-hydrogen) atoms. The quantitative estimate of drug-likeness (QED) is 0.457. The first-order chi connectivity index (χ1) is 10.5. The molecule has 11 heteroatoms. The average molecular weight is 359 g/mol. The highest BCUT2D eigenvalue weighted by Crippen LogP contribution is 2.42. The minimum Gasteiger partial charge on any atom is -0.462 e. The molecule has 4 nitrogen and oxygen atoms in total. The standard InChI is InChI=1S/C12H7F6NO3S/c1-2-21-10(20)6-3-8(22-11(13,14)15)7(5-19)9(4-6)23-12(16,17)18/h3-4H,2H2,1H3. The zero-order chi connectivity index (χ0) is 17.8. The highest BCUT2D eigenvalue weighted by atomic mass is 32.2. The number of esters is 1. The smallest absolute Gasteiger partial charge is 0.462 e. The summed E-state index contributed by atoms with van der Waals surface area (Å²) in [4.78, 5) is 10.6. The third-order valence-corrected chi connectivity index (χ3v) is 2.91. The lowest BCUT2D eigenvalue weighted by Crippen LogP contribution is -2.19. The van der Waals surface area contributed by atoms with Gasteiger partial charge in [-0.15, -0.1) is 13.2 Å². The molecular formula is C12H7F6NO3S. The van der Waals surface area contributed by atoms with Gasteiger partial charge in [-0.1, -0.05) is 0 Å². The molecule has 0 saturated heterocycles. The van der Waals surface area contributed by atoms with Crippen molar-refractivity contribution in [2.24, 2.45) is 0 Å². The Morgan fingerprint density at radius 2 is 1.87 bits per heavy atom. The fourth-order valence-electron chi connectivity index (χ4n) is 1.44. The van der Waals surface area contributed by atoms with E-state index < -0.39 is 51.4 Å². The highest BCUT2D eigenvalue weighted by molar-refractivity contribution is 8.00. The van der Waals surface area contributed by atoms with Crippen LogP contribution in [0.25, 0.3) is 0 Å². The van der Waals surface area contributed by atoms with Crippen LogP contribution in [0, 0.1) is 11.3 Å². The Labute approximate surface area is 130 Å². The minimum atomic E-state index is -5.25. The Kier molecular flexibility index (Phi) is 5.76. The molecule has 0 saturated carbocycles. The van der Waals surface area contributed by atoms with Crippen molar-refractivity contribution in [3.63, 3.8) is 0 Å². The van der Waals surface area contributed by atoms with E-state index in [4.69, 9.17) is 5.26 Å². The predicted molar refractivity (Wildman–Crippen MR) is 65.7 cm³/mol. The van der Waals surface area contributed by atoms with Gasteiger partial charge in [0.05, 0.1) is 12.2 Å². The van der Waals surface area contributed by atoms with Crippen LogP contribution in [-0.4, -0.2) is 24.4 Å². The fourth-order valence-corrected chi connectivity index (χ4v) is 2.13. The van der Waals surface area contributed by atoms with E-state index >= 15 is 0 Å². The number of alkyl halides is 6. The number of hydrogen-bond acceptors (Lipinski definition) is 5. The molecule has 1 aromatic rings. The topological polar surface area (TPSA) is 59.3 Å². The number of benzene rings is 1. The third-order valence-electron chi connectivity index (χ3n) is 2.14. The lowest BCUT2D eigenvalue weighted by atomic mass is 10.1. The summed E-state index contributed by atoms with van der Waals surface area (Å²) in [6.45, 7) is 1.26. The zero-order valence-electron chi connectivity index (χ0n) is 11.2. The molecular weight excluding hydrogens is 352 g/mol. The Morgan fingerprint density at radius 1 is 1.26 bits per heavy atom. The van der Waals surface area contributed by atoms with Gasteiger partial charge in [0.25, 0.3) is 0 Å². The summed E-state index contributed by atoms with van der Waals surface area (Å²) in [5, 5.41) is 8.83. The maximum atomic E-state index is 12.5. The fraction of sp³-hybridized carbons (Fsp3) is 0.333. The summed E-state index contributed by atoms with van der Waals surface area (Å²) < 4.78 is 82.5. The summed E-state index contributed by atoms with van der Waals surface area (Å²) in [5.41, 5.74) is -6.47. The van der Waals surface area contributed by atoms with Crippen LogP contribution >= 0.6 is 11.8 Å². The number of halogens is 6. The van der Waals surface area contributed by atoms with Crippen LogP contribution in [0.3, 0.4) is 0 Å². The van der Waals surface area contributed by atoms with Gasteiger partial charge in [0, 0.05) is 4.90 Å². The van der Waals surface area contributed by atoms with E-state index in [1.807, 2.05) is 0 Å². The molecule has 0 radical (unpaired) electrons. The second-order valence-corrected chi connectivity index (χ2v) is 4.88. The van der Waals surface area contributed by atoms with Crippen molar-refractivity contribution in [1.82, 2.24) is 0 Å². The molecule has 0 fully saturated rings. The monoisotopic (exact) mass is 359 g/mol. The van der Waals surface area contributed by atoms with Crippen molar-refractivity contribution in [2.75, 3.05) is 6.61 Å². The largest absolute Gasteiger partial charge is 0.573 e. The molecule has 126 valence electrons. The van der Waals surface area contributed by atoms with Gasteiger partial charge in [0.15, 0.2) is 0 Å². The zero-order valence-corrected chi connectivity index (χ0v) is 12.0. The van der Waals surface area contributed by atoms with Gasteiger partial charge in [0.2, 0.25) is 0 Å². The van der Waals surface area contributed by atoms with Crippen molar-refractivity contribution < 1.29 is 40.6 Å². The Balaban J connectivity index is 3.47. The summed E-state index contributed by atoms with van der Waals surface area (Å²) in [6, 6.07) is 2.34. The molecule has 0 amide bonds. The third kappa shape index (κ3) is 5.90. The lowest BCUT2D eigenvalue weighted by Gasteiger charge is -2.15. The summed E-state index contributed by atoms with van der Waals surface area (Å²) in [6.07, 6.45) is -5.25. The number of nitriles is 1. The molecule has 0 bridgehead atoms. The van der Waals surface area contributed by atoms with Gasteiger partial charge in [0.1, 0.15) is 17.4 Å². The second-order valence-electron chi connectivity index (χ2n) is 3.78. The highest BCUT2D eigenvalue weighted by Gasteiger charge is 2.36. The molecule has 1 rings (SSSR count). The first kappa shape index (κ1) is 19.0. The second kappa shape index (κ2) is 6.99. The maximum absolute atomic E-state index is 12.5. The number of hydrogen-bond donors (Lipinski definition) is 0. The van der Waals surface area contributed by atoms with E-state index in [0.29, 0.717) is 12.1 Å². The predicted octanol–water partition coefficient (Wildman–Crippen LogP) is 4.25. The molecule has 0 unspecified atom stereocenters. The van der Waals surface area contributed by atoms with Crippen molar-refractivity contribution in [1.29, 1.82) is 5.26 Å². The van der Waals surface area contributed by atoms with Crippen molar-refractivity contribution >= 4 is 17.7 Å². The van der Waals surface area contributed by atoms with E-state index in [1.165, 1.54) is 13.0 Å². The number of rotatable bonds is 4. The number of carbonyl (C=O) groups is 1. The van der Waals surface area contributed by atoms with Crippen molar-refractivity contribution in [3.05, 3.63) is 23.3 Å². The van der Waals surface area contributed by atoms with E-state index in [9.17, 15) is 31.1 Å². The molecule has 0 aromatic heterocycles. The Bertz CT molecular complexity index is 598. The Hall–Kier alpha value is -2.09. The number of thioether (sulfide) groups is 1. The van der Waals surface area contributed by atoms with Gasteiger partial charge in [-0.2, -0.15) is 18.4 Å². The average Bonchev–Trinajstić information content (AvgIpc) is 2.34. The van der Waals surface area contributed by atoms with Crippen molar-refractivity contribution in [2.45, 2.75) is 23.7 Å². The summed E-state index contributed by atoms with van der Waals surface area (Å²) in [7, 11) is 0. The van der Waals surface area contributed by atoms with Crippen LogP contribution in [-0.2, 0) is 4.74 Å². The van der Waals surface area contributed by atoms with E-state index in [0.717, 1.165) is 0 Å². The van der Waals surface area contributed by atoms with Gasteiger partial charge < -0.3 is 9.47 Å². The van der Waals surface area contributed by atoms with E-state index in [2.05, 4.69) is 9.47 Å². The molecule has 0 N–H and O–H groups in total. The van der Waals surface area contributed by atoms with Crippen LogP contribution in [0.15, 0.2) is 17.0 Å². The molecule has 0 atom stereocenters. The van der Waals surface area contributed by atoms with E-state index in [-0.39, 0.29) is 6.61 Å². The van der Waals surface area contributed by atoms with Crippen LogP contribution in [0.2, 0.25) is 0 Å². The first-order valence-corrected chi connectivity index (χ1v) is 6.55. The lowest BCUT2D eigenvalue weighted by molar-refractivity contribution is -0.274. The minimum absolute atomic E-state index is 0.143.